The molecular weight excluding hydrogens is 324 g/mol. The van der Waals surface area contributed by atoms with Gasteiger partial charge in [-0.2, -0.15) is 5.10 Å². The molecule has 0 spiro atoms. The summed E-state index contributed by atoms with van der Waals surface area (Å²) >= 11 is 0. The first-order valence-electron chi connectivity index (χ1n) is 10.4. The number of likely N-dealkylation sites (tertiary alicyclic amines) is 1. The van der Waals surface area contributed by atoms with Crippen LogP contribution >= 0.6 is 0 Å². The molecule has 0 amide bonds. The maximum atomic E-state index is 4.83. The molecule has 6 heteroatoms. The van der Waals surface area contributed by atoms with E-state index in [-0.39, 0.29) is 0 Å². The maximum Gasteiger partial charge on any atom is 0.191 e. The van der Waals surface area contributed by atoms with E-state index in [1.807, 2.05) is 11.7 Å². The molecule has 2 fully saturated rings. The van der Waals surface area contributed by atoms with Gasteiger partial charge in [-0.05, 0) is 52.0 Å². The largest absolute Gasteiger partial charge is 0.357 e. The predicted molar refractivity (Wildman–Crippen MR) is 108 cm³/mol. The highest BCUT2D eigenvalue weighted by atomic mass is 15.3. The smallest absolute Gasteiger partial charge is 0.191 e. The van der Waals surface area contributed by atoms with Gasteiger partial charge in [-0.3, -0.25) is 14.6 Å². The van der Waals surface area contributed by atoms with E-state index in [1.165, 1.54) is 49.9 Å². The summed E-state index contributed by atoms with van der Waals surface area (Å²) in [4.78, 5) is 7.52. The molecule has 2 aliphatic rings. The lowest BCUT2D eigenvalue weighted by Gasteiger charge is -2.24. The number of hydrogen-bond donors (Lipinski definition) is 2. The lowest BCUT2D eigenvalue weighted by atomic mass is 10.1. The van der Waals surface area contributed by atoms with E-state index in [2.05, 4.69) is 41.4 Å². The molecule has 1 aliphatic heterocycles. The molecule has 3 rings (SSSR count). The first kappa shape index (κ1) is 19.2. The summed E-state index contributed by atoms with van der Waals surface area (Å²) in [5.41, 5.74) is 3.71. The highest BCUT2D eigenvalue weighted by Gasteiger charge is 2.30. The van der Waals surface area contributed by atoms with E-state index in [1.54, 1.807) is 0 Å². The Balaban J connectivity index is 1.52. The van der Waals surface area contributed by atoms with Crippen LogP contribution in [0.3, 0.4) is 0 Å². The molecule has 0 aromatic carbocycles. The van der Waals surface area contributed by atoms with Gasteiger partial charge in [0.15, 0.2) is 5.96 Å². The Morgan fingerprint density at radius 2 is 2.00 bits per heavy atom. The summed E-state index contributed by atoms with van der Waals surface area (Å²) in [6.45, 7) is 10.4. The number of nitrogens with zero attached hydrogens (tertiary/aromatic N) is 4. The second-order valence-corrected chi connectivity index (χ2v) is 7.85. The lowest BCUT2D eigenvalue weighted by Crippen LogP contribution is -2.45. The van der Waals surface area contributed by atoms with Crippen molar-refractivity contribution in [2.24, 2.45) is 12.0 Å². The van der Waals surface area contributed by atoms with Crippen LogP contribution in [0, 0.1) is 13.8 Å². The number of guanidine groups is 1. The van der Waals surface area contributed by atoms with Gasteiger partial charge in [0.1, 0.15) is 0 Å². The molecule has 2 heterocycles. The van der Waals surface area contributed by atoms with Crippen molar-refractivity contribution in [2.45, 2.75) is 71.4 Å². The number of rotatable bonds is 6. The van der Waals surface area contributed by atoms with Crippen molar-refractivity contribution in [1.82, 2.24) is 25.3 Å². The zero-order valence-corrected chi connectivity index (χ0v) is 17.0. The van der Waals surface area contributed by atoms with Gasteiger partial charge in [0.2, 0.25) is 0 Å². The van der Waals surface area contributed by atoms with E-state index in [4.69, 9.17) is 4.99 Å². The van der Waals surface area contributed by atoms with Crippen molar-refractivity contribution in [1.29, 1.82) is 0 Å². The fourth-order valence-electron chi connectivity index (χ4n) is 4.48. The lowest BCUT2D eigenvalue weighted by molar-refractivity contribution is 0.242. The number of aromatic nitrogens is 2. The van der Waals surface area contributed by atoms with Crippen molar-refractivity contribution in [2.75, 3.05) is 26.2 Å². The third-order valence-corrected chi connectivity index (χ3v) is 6.04. The molecule has 6 nitrogen and oxygen atoms in total. The Kier molecular flexibility index (Phi) is 6.57. The van der Waals surface area contributed by atoms with E-state index in [9.17, 15) is 0 Å². The third-order valence-electron chi connectivity index (χ3n) is 6.04. The molecule has 2 N–H and O–H groups in total. The van der Waals surface area contributed by atoms with Crippen LogP contribution in [0.5, 0.6) is 0 Å². The minimum absolute atomic E-state index is 0.523. The van der Waals surface area contributed by atoms with Crippen LogP contribution in [0.4, 0.5) is 0 Å². The standard InChI is InChI=1S/C20H36N6/c1-5-21-20(22-12-10-19-15(2)24-25(4)16(19)3)23-17-11-13-26(14-17)18-8-6-7-9-18/h17-18H,5-14H2,1-4H3,(H2,21,22,23). The first-order chi connectivity index (χ1) is 12.6. The highest BCUT2D eigenvalue weighted by molar-refractivity contribution is 5.80. The minimum atomic E-state index is 0.523. The first-order valence-corrected chi connectivity index (χ1v) is 10.4. The van der Waals surface area contributed by atoms with Gasteiger partial charge in [-0.25, -0.2) is 0 Å². The quantitative estimate of drug-likeness (QED) is 0.603. The maximum absolute atomic E-state index is 4.83. The topological polar surface area (TPSA) is 57.5 Å². The molecule has 1 aromatic heterocycles. The Bertz CT molecular complexity index is 614. The normalized spacial score (nSPS) is 22.3. The molecule has 0 radical (unpaired) electrons. The highest BCUT2D eigenvalue weighted by Crippen LogP contribution is 2.26. The van der Waals surface area contributed by atoms with Crippen molar-refractivity contribution in [3.05, 3.63) is 17.0 Å². The zero-order chi connectivity index (χ0) is 18.5. The van der Waals surface area contributed by atoms with Gasteiger partial charge >= 0.3 is 0 Å². The number of aliphatic imine (C=N–C) groups is 1. The Morgan fingerprint density at radius 1 is 1.23 bits per heavy atom. The molecule has 1 saturated carbocycles. The molecular formula is C20H36N6. The second kappa shape index (κ2) is 8.89. The average molecular weight is 361 g/mol. The predicted octanol–water partition coefficient (Wildman–Crippen LogP) is 2.15. The SMILES string of the molecule is CCNC(=NCCc1c(C)nn(C)c1C)NC1CCN(C2CCCC2)C1. The fraction of sp³-hybridized carbons (Fsp3) is 0.800. The molecule has 26 heavy (non-hydrogen) atoms. The van der Waals surface area contributed by atoms with Gasteiger partial charge in [-0.1, -0.05) is 12.8 Å². The van der Waals surface area contributed by atoms with Gasteiger partial charge in [-0.15, -0.1) is 0 Å². The third kappa shape index (κ3) is 4.58. The summed E-state index contributed by atoms with van der Waals surface area (Å²) in [6.07, 6.45) is 7.78. The number of nitrogens with one attached hydrogen (secondary N) is 2. The molecule has 1 unspecified atom stereocenters. The van der Waals surface area contributed by atoms with Crippen LogP contribution < -0.4 is 10.6 Å². The van der Waals surface area contributed by atoms with Crippen LogP contribution in [-0.4, -0.2) is 58.9 Å². The van der Waals surface area contributed by atoms with E-state index in [0.717, 1.165) is 43.8 Å². The van der Waals surface area contributed by atoms with Crippen LogP contribution in [0.2, 0.25) is 0 Å². The van der Waals surface area contributed by atoms with Crippen molar-refractivity contribution >= 4 is 5.96 Å². The average Bonchev–Trinajstić information content (AvgIpc) is 3.33. The molecule has 146 valence electrons. The molecule has 1 saturated heterocycles. The Morgan fingerprint density at radius 3 is 2.65 bits per heavy atom. The van der Waals surface area contributed by atoms with Crippen molar-refractivity contribution in [3.63, 3.8) is 0 Å². The zero-order valence-electron chi connectivity index (χ0n) is 17.0. The summed E-state index contributed by atoms with van der Waals surface area (Å²) in [6, 6.07) is 1.35. The van der Waals surface area contributed by atoms with Crippen molar-refractivity contribution < 1.29 is 0 Å². The monoisotopic (exact) mass is 360 g/mol. The minimum Gasteiger partial charge on any atom is -0.357 e. The van der Waals surface area contributed by atoms with Crippen LogP contribution in [0.15, 0.2) is 4.99 Å². The van der Waals surface area contributed by atoms with Crippen LogP contribution in [0.25, 0.3) is 0 Å². The van der Waals surface area contributed by atoms with E-state index in [0.29, 0.717) is 6.04 Å². The molecule has 1 atom stereocenters. The van der Waals surface area contributed by atoms with Crippen molar-refractivity contribution in [3.8, 4) is 0 Å². The van der Waals surface area contributed by atoms with Gasteiger partial charge < -0.3 is 10.6 Å². The number of aryl methyl sites for hydroxylation is 2. The second-order valence-electron chi connectivity index (χ2n) is 7.85. The molecule has 0 bridgehead atoms. The summed E-state index contributed by atoms with van der Waals surface area (Å²) in [5.74, 6) is 0.963. The summed E-state index contributed by atoms with van der Waals surface area (Å²) in [5, 5.41) is 11.6. The summed E-state index contributed by atoms with van der Waals surface area (Å²) in [7, 11) is 2.01. The molecule has 1 aromatic rings. The fourth-order valence-corrected chi connectivity index (χ4v) is 4.48. The van der Waals surface area contributed by atoms with Crippen LogP contribution in [0.1, 0.15) is 56.0 Å². The van der Waals surface area contributed by atoms with Gasteiger partial charge in [0, 0.05) is 51.0 Å². The summed E-state index contributed by atoms with van der Waals surface area (Å²) < 4.78 is 1.97. The van der Waals surface area contributed by atoms with Gasteiger partial charge in [0.05, 0.1) is 5.69 Å². The van der Waals surface area contributed by atoms with E-state index < -0.39 is 0 Å². The Hall–Kier alpha value is -1.56. The van der Waals surface area contributed by atoms with Gasteiger partial charge in [0.25, 0.3) is 0 Å². The Labute approximate surface area is 158 Å². The van der Waals surface area contributed by atoms with E-state index >= 15 is 0 Å². The number of hydrogen-bond acceptors (Lipinski definition) is 3. The van der Waals surface area contributed by atoms with Crippen LogP contribution in [-0.2, 0) is 13.5 Å². The molecule has 1 aliphatic carbocycles.